The van der Waals surface area contributed by atoms with Crippen molar-refractivity contribution in [1.29, 1.82) is 0 Å². The average molecular weight is 278 g/mol. The molecule has 0 unspecified atom stereocenters. The molecule has 5 heteroatoms. The summed E-state index contributed by atoms with van der Waals surface area (Å²) in [4.78, 5) is 12.2. The first kappa shape index (κ1) is 14.8. The average Bonchev–Trinajstić information content (AvgIpc) is 2.48. The Morgan fingerprint density at radius 3 is 2.70 bits per heavy atom. The van der Waals surface area contributed by atoms with Crippen LogP contribution in [0.3, 0.4) is 0 Å². The van der Waals surface area contributed by atoms with Crippen molar-refractivity contribution in [3.8, 4) is 5.75 Å². The highest BCUT2D eigenvalue weighted by atomic mass is 16.5. The first-order valence-corrected chi connectivity index (χ1v) is 6.91. The van der Waals surface area contributed by atoms with Crippen LogP contribution >= 0.6 is 0 Å². The van der Waals surface area contributed by atoms with Crippen molar-refractivity contribution in [2.45, 2.75) is 38.2 Å². The summed E-state index contributed by atoms with van der Waals surface area (Å²) in [5.41, 5.74) is 2.67. The number of rotatable bonds is 5. The fourth-order valence-electron chi connectivity index (χ4n) is 2.68. The molecule has 2 N–H and O–H groups in total. The van der Waals surface area contributed by atoms with E-state index in [0.717, 1.165) is 25.7 Å². The number of nitrogens with one attached hydrogen (secondary N) is 1. The van der Waals surface area contributed by atoms with Crippen molar-refractivity contribution in [3.05, 3.63) is 29.0 Å². The highest BCUT2D eigenvalue weighted by Crippen LogP contribution is 2.30. The van der Waals surface area contributed by atoms with Crippen LogP contribution in [0.25, 0.3) is 0 Å². The third-order valence-electron chi connectivity index (χ3n) is 3.92. The highest BCUT2D eigenvalue weighted by Gasteiger charge is 2.22. The molecule has 2 rings (SSSR count). The number of Topliss-reactive ketones (excluding diaryl/α,β-unsaturated/α-hetero) is 1. The summed E-state index contributed by atoms with van der Waals surface area (Å²) >= 11 is 0. The fourth-order valence-corrected chi connectivity index (χ4v) is 2.68. The SMILES string of the molecule is COc1cc(C(=O)CC2CCC(O)CC2)ccc1N[O-]. The predicted molar refractivity (Wildman–Crippen MR) is 76.9 cm³/mol. The van der Waals surface area contributed by atoms with Gasteiger partial charge in [0.15, 0.2) is 5.78 Å². The molecule has 1 aromatic rings. The second kappa shape index (κ2) is 6.72. The van der Waals surface area contributed by atoms with Gasteiger partial charge in [-0.3, -0.25) is 4.79 Å². The Labute approximate surface area is 118 Å². The molecule has 0 atom stereocenters. The van der Waals surface area contributed by atoms with Gasteiger partial charge in [-0.25, -0.2) is 0 Å². The number of carbonyl (C=O) groups is 1. The molecule has 0 amide bonds. The van der Waals surface area contributed by atoms with Crippen LogP contribution in [-0.4, -0.2) is 24.1 Å². The lowest BCUT2D eigenvalue weighted by Gasteiger charge is -2.24. The molecule has 0 aromatic heterocycles. The van der Waals surface area contributed by atoms with Crippen LogP contribution in [0.4, 0.5) is 5.69 Å². The molecule has 1 aliphatic rings. The number of methoxy groups -OCH3 is 1. The highest BCUT2D eigenvalue weighted by molar-refractivity contribution is 5.97. The number of hydrogen-bond donors (Lipinski definition) is 2. The van der Waals surface area contributed by atoms with E-state index < -0.39 is 0 Å². The smallest absolute Gasteiger partial charge is 0.163 e. The molecule has 0 heterocycles. The van der Waals surface area contributed by atoms with Crippen molar-refractivity contribution in [2.24, 2.45) is 5.92 Å². The lowest BCUT2D eigenvalue weighted by molar-refractivity contribution is 0.0859. The zero-order chi connectivity index (χ0) is 14.5. The second-order valence-corrected chi connectivity index (χ2v) is 5.32. The molecule has 1 fully saturated rings. The van der Waals surface area contributed by atoms with Crippen LogP contribution in [0.5, 0.6) is 5.75 Å². The number of ether oxygens (including phenoxy) is 1. The topological polar surface area (TPSA) is 81.6 Å². The zero-order valence-corrected chi connectivity index (χ0v) is 11.6. The predicted octanol–water partition coefficient (Wildman–Crippen LogP) is 2.73. The minimum atomic E-state index is -0.205. The van der Waals surface area contributed by atoms with Gasteiger partial charge in [-0.15, -0.1) is 0 Å². The third kappa shape index (κ3) is 3.49. The lowest BCUT2D eigenvalue weighted by atomic mass is 9.83. The second-order valence-electron chi connectivity index (χ2n) is 5.32. The summed E-state index contributed by atoms with van der Waals surface area (Å²) < 4.78 is 5.08. The number of aliphatic hydroxyl groups excluding tert-OH is 1. The molecule has 1 aliphatic carbocycles. The van der Waals surface area contributed by atoms with Gasteiger partial charge < -0.3 is 20.5 Å². The number of hydrogen-bond acceptors (Lipinski definition) is 5. The summed E-state index contributed by atoms with van der Waals surface area (Å²) in [7, 11) is 1.47. The maximum Gasteiger partial charge on any atom is 0.163 e. The Bertz CT molecular complexity index is 467. The standard InChI is InChI=1S/C15H20NO4/c1-20-15-9-11(4-7-13(15)16-19)14(18)8-10-2-5-12(17)6-3-10/h4,7,9-10,12,16-17H,2-3,5-6,8H2,1H3/q-1. The Hall–Kier alpha value is -1.59. The summed E-state index contributed by atoms with van der Waals surface area (Å²) in [5, 5.41) is 20.2. The third-order valence-corrected chi connectivity index (χ3v) is 3.92. The quantitative estimate of drug-likeness (QED) is 0.639. The molecule has 0 spiro atoms. The van der Waals surface area contributed by atoms with Crippen molar-refractivity contribution in [1.82, 2.24) is 0 Å². The largest absolute Gasteiger partial charge is 0.761 e. The van der Waals surface area contributed by atoms with Gasteiger partial charge in [-0.1, -0.05) is 0 Å². The summed E-state index contributed by atoms with van der Waals surface area (Å²) in [6.45, 7) is 0. The summed E-state index contributed by atoms with van der Waals surface area (Å²) in [5.74, 6) is 0.779. The van der Waals surface area contributed by atoms with Crippen LogP contribution in [-0.2, 0) is 0 Å². The van der Waals surface area contributed by atoms with Crippen molar-refractivity contribution in [2.75, 3.05) is 12.6 Å². The summed E-state index contributed by atoms with van der Waals surface area (Å²) in [6, 6.07) is 4.80. The Kier molecular flexibility index (Phi) is 4.98. The van der Waals surface area contributed by atoms with E-state index in [4.69, 9.17) is 4.74 Å². The molecule has 1 aromatic carbocycles. The minimum absolute atomic E-state index is 0.0575. The van der Waals surface area contributed by atoms with Crippen molar-refractivity contribution in [3.63, 3.8) is 0 Å². The maximum absolute atomic E-state index is 12.2. The van der Waals surface area contributed by atoms with Gasteiger partial charge in [0.2, 0.25) is 0 Å². The fraction of sp³-hybridized carbons (Fsp3) is 0.533. The van der Waals surface area contributed by atoms with Gasteiger partial charge >= 0.3 is 0 Å². The van der Waals surface area contributed by atoms with E-state index in [0.29, 0.717) is 29.3 Å². The monoisotopic (exact) mass is 278 g/mol. The molecule has 1 saturated carbocycles. The molecule has 0 aliphatic heterocycles. The molecular weight excluding hydrogens is 258 g/mol. The van der Waals surface area contributed by atoms with Crippen molar-refractivity contribution >= 4 is 11.5 Å². The Morgan fingerprint density at radius 1 is 1.40 bits per heavy atom. The van der Waals surface area contributed by atoms with Crippen molar-refractivity contribution < 1.29 is 14.6 Å². The number of carbonyl (C=O) groups excluding carboxylic acids is 1. The molecular formula is C15H20NO4-. The molecule has 20 heavy (non-hydrogen) atoms. The van der Waals surface area contributed by atoms with E-state index in [2.05, 4.69) is 0 Å². The van der Waals surface area contributed by atoms with Gasteiger partial charge in [0, 0.05) is 12.0 Å². The van der Waals surface area contributed by atoms with Gasteiger partial charge in [0.1, 0.15) is 5.75 Å². The van der Waals surface area contributed by atoms with Gasteiger partial charge in [0.05, 0.1) is 18.9 Å². The maximum atomic E-state index is 12.2. The molecule has 0 saturated heterocycles. The van der Waals surface area contributed by atoms with Crippen LogP contribution in [0.15, 0.2) is 18.2 Å². The molecule has 0 radical (unpaired) electrons. The number of anilines is 1. The van der Waals surface area contributed by atoms with Crippen LogP contribution in [0, 0.1) is 11.1 Å². The first-order chi connectivity index (χ1) is 9.63. The van der Waals surface area contributed by atoms with E-state index in [9.17, 15) is 15.1 Å². The number of aliphatic hydroxyl groups is 1. The Morgan fingerprint density at radius 2 is 2.10 bits per heavy atom. The summed E-state index contributed by atoms with van der Waals surface area (Å²) in [6.07, 6.45) is 3.62. The van der Waals surface area contributed by atoms with Gasteiger partial charge in [-0.05, 0) is 49.8 Å². The van der Waals surface area contributed by atoms with E-state index in [1.807, 2.05) is 0 Å². The lowest BCUT2D eigenvalue weighted by Crippen LogP contribution is -2.20. The van der Waals surface area contributed by atoms with E-state index >= 15 is 0 Å². The van der Waals surface area contributed by atoms with Gasteiger partial charge in [0.25, 0.3) is 0 Å². The zero-order valence-electron chi connectivity index (χ0n) is 11.6. The normalized spacial score (nSPS) is 22.4. The minimum Gasteiger partial charge on any atom is -0.761 e. The van der Waals surface area contributed by atoms with Gasteiger partial charge in [-0.2, -0.15) is 0 Å². The van der Waals surface area contributed by atoms with E-state index in [1.54, 1.807) is 23.7 Å². The number of ketones is 1. The molecule has 5 nitrogen and oxygen atoms in total. The van der Waals surface area contributed by atoms with Crippen LogP contribution in [0.2, 0.25) is 0 Å². The van der Waals surface area contributed by atoms with E-state index in [1.165, 1.54) is 7.11 Å². The number of benzene rings is 1. The molecule has 0 bridgehead atoms. The van der Waals surface area contributed by atoms with Crippen LogP contribution < -0.4 is 10.2 Å². The Balaban J connectivity index is 2.02. The van der Waals surface area contributed by atoms with E-state index in [-0.39, 0.29) is 11.9 Å². The molecule has 110 valence electrons. The first-order valence-electron chi connectivity index (χ1n) is 6.91. The van der Waals surface area contributed by atoms with Crippen LogP contribution in [0.1, 0.15) is 42.5 Å².